The number of benzene rings is 2. The van der Waals surface area contributed by atoms with Crippen LogP contribution in [0.3, 0.4) is 0 Å². The third-order valence-corrected chi connectivity index (χ3v) is 5.30. The fourth-order valence-electron chi connectivity index (χ4n) is 3.44. The van der Waals surface area contributed by atoms with E-state index in [1.807, 2.05) is 31.2 Å². The zero-order valence-electron chi connectivity index (χ0n) is 19.2. The number of halogens is 4. The number of amides is 1. The Morgan fingerprint density at radius 1 is 0.944 bits per heavy atom. The predicted octanol–water partition coefficient (Wildman–Crippen LogP) is 6.61. The van der Waals surface area contributed by atoms with Crippen LogP contribution in [0.25, 0.3) is 11.1 Å². The highest BCUT2D eigenvalue weighted by Crippen LogP contribution is 2.33. The van der Waals surface area contributed by atoms with Crippen molar-refractivity contribution in [3.8, 4) is 17.0 Å². The second-order valence-corrected chi connectivity index (χ2v) is 7.83. The van der Waals surface area contributed by atoms with Crippen LogP contribution < -0.4 is 15.4 Å². The van der Waals surface area contributed by atoms with E-state index >= 15 is 0 Å². The molecule has 0 saturated heterocycles. The summed E-state index contributed by atoms with van der Waals surface area (Å²) >= 11 is 0. The zero-order chi connectivity index (χ0) is 25.9. The minimum absolute atomic E-state index is 0.175. The Morgan fingerprint density at radius 3 is 2.44 bits per heavy atom. The summed E-state index contributed by atoms with van der Waals surface area (Å²) in [6, 6.07) is 14.0. The lowest BCUT2D eigenvalue weighted by Gasteiger charge is -2.16. The average Bonchev–Trinajstić information content (AvgIpc) is 2.85. The first kappa shape index (κ1) is 24.6. The maximum atomic E-state index is 13.9. The lowest BCUT2D eigenvalue weighted by molar-refractivity contribution is -0.137. The number of carbonyl (C=O) groups excluding carboxylic acids is 1. The van der Waals surface area contributed by atoms with Gasteiger partial charge in [0.15, 0.2) is 5.82 Å². The molecule has 184 valence electrons. The largest absolute Gasteiger partial charge is 0.481 e. The predicted molar refractivity (Wildman–Crippen MR) is 128 cm³/mol. The number of aryl methyl sites for hydroxylation is 1. The van der Waals surface area contributed by atoms with Crippen molar-refractivity contribution in [2.75, 3.05) is 17.7 Å². The first-order chi connectivity index (χ1) is 17.1. The number of ether oxygens (including phenoxy) is 1. The Hall–Kier alpha value is -4.47. The Bertz CT molecular complexity index is 1420. The standard InChI is InChI=1S/C26H20F4N4O2/c1-15-5-3-4-6-21(15)33-24-22(11-18(14-32-24)16-7-8-31-23(12-16)36-2)34-25(35)17-9-19(26(28,29)30)13-20(27)10-17/h3-14H,1-2H3,(H,32,33)(H,34,35). The molecule has 0 fully saturated rings. The minimum Gasteiger partial charge on any atom is -0.481 e. The van der Waals surface area contributed by atoms with Gasteiger partial charge >= 0.3 is 6.18 Å². The fourth-order valence-corrected chi connectivity index (χ4v) is 3.44. The van der Waals surface area contributed by atoms with Crippen LogP contribution in [0, 0.1) is 12.7 Å². The fraction of sp³-hybridized carbons (Fsp3) is 0.115. The average molecular weight is 496 g/mol. The van der Waals surface area contributed by atoms with E-state index in [1.54, 1.807) is 24.4 Å². The third kappa shape index (κ3) is 5.60. The summed E-state index contributed by atoms with van der Waals surface area (Å²) in [7, 11) is 1.47. The highest BCUT2D eigenvalue weighted by atomic mass is 19.4. The van der Waals surface area contributed by atoms with Crippen molar-refractivity contribution in [1.29, 1.82) is 0 Å². The zero-order valence-corrected chi connectivity index (χ0v) is 19.2. The summed E-state index contributed by atoms with van der Waals surface area (Å²) in [6.07, 6.45) is -1.71. The molecule has 4 rings (SSSR count). The van der Waals surface area contributed by atoms with Gasteiger partial charge in [0.1, 0.15) is 5.82 Å². The Morgan fingerprint density at radius 2 is 1.72 bits per heavy atom. The topological polar surface area (TPSA) is 76.1 Å². The monoisotopic (exact) mass is 496 g/mol. The SMILES string of the molecule is COc1cc(-c2cnc(Nc3ccccc3C)c(NC(=O)c3cc(F)cc(C(F)(F)F)c3)c2)ccn1. The number of hydrogen-bond donors (Lipinski definition) is 2. The van der Waals surface area contributed by atoms with E-state index in [9.17, 15) is 22.4 Å². The van der Waals surface area contributed by atoms with E-state index in [-0.39, 0.29) is 11.5 Å². The lowest BCUT2D eigenvalue weighted by Crippen LogP contribution is -2.16. The number of aromatic nitrogens is 2. The van der Waals surface area contributed by atoms with E-state index in [0.29, 0.717) is 34.8 Å². The first-order valence-corrected chi connectivity index (χ1v) is 10.7. The summed E-state index contributed by atoms with van der Waals surface area (Å²) in [5.41, 5.74) is 1.30. The number of nitrogens with zero attached hydrogens (tertiary/aromatic N) is 2. The van der Waals surface area contributed by atoms with Crippen LogP contribution in [-0.2, 0) is 6.18 Å². The minimum atomic E-state index is -4.81. The number of nitrogens with one attached hydrogen (secondary N) is 2. The molecule has 0 bridgehead atoms. The summed E-state index contributed by atoms with van der Waals surface area (Å²) < 4.78 is 58.5. The number of hydrogen-bond acceptors (Lipinski definition) is 5. The molecule has 0 atom stereocenters. The van der Waals surface area contributed by atoms with Gasteiger partial charge in [-0.3, -0.25) is 4.79 Å². The highest BCUT2D eigenvalue weighted by Gasteiger charge is 2.32. The van der Waals surface area contributed by atoms with Crippen molar-refractivity contribution < 1.29 is 27.1 Å². The quantitative estimate of drug-likeness (QED) is 0.294. The van der Waals surface area contributed by atoms with Crippen molar-refractivity contribution in [2.45, 2.75) is 13.1 Å². The Labute approximate surface area is 204 Å². The molecule has 36 heavy (non-hydrogen) atoms. The van der Waals surface area contributed by atoms with Crippen LogP contribution in [0.2, 0.25) is 0 Å². The molecule has 10 heteroatoms. The third-order valence-electron chi connectivity index (χ3n) is 5.30. The molecular weight excluding hydrogens is 476 g/mol. The second-order valence-electron chi connectivity index (χ2n) is 7.83. The number of methoxy groups -OCH3 is 1. The van der Waals surface area contributed by atoms with Gasteiger partial charge < -0.3 is 15.4 Å². The van der Waals surface area contributed by atoms with Crippen LogP contribution in [0.15, 0.2) is 73.1 Å². The number of carbonyl (C=O) groups is 1. The van der Waals surface area contributed by atoms with Gasteiger partial charge in [-0.25, -0.2) is 14.4 Å². The van der Waals surface area contributed by atoms with Gasteiger partial charge in [0, 0.05) is 35.3 Å². The van der Waals surface area contributed by atoms with Crippen LogP contribution in [-0.4, -0.2) is 23.0 Å². The molecule has 0 aliphatic carbocycles. The Kier molecular flexibility index (Phi) is 6.86. The van der Waals surface area contributed by atoms with Gasteiger partial charge in [-0.1, -0.05) is 18.2 Å². The van der Waals surface area contributed by atoms with Gasteiger partial charge in [0.25, 0.3) is 5.91 Å². The lowest BCUT2D eigenvalue weighted by atomic mass is 10.1. The maximum Gasteiger partial charge on any atom is 0.416 e. The molecule has 0 unspecified atom stereocenters. The van der Waals surface area contributed by atoms with E-state index in [2.05, 4.69) is 20.6 Å². The molecule has 4 aromatic rings. The van der Waals surface area contributed by atoms with Crippen molar-refractivity contribution >= 4 is 23.1 Å². The van der Waals surface area contributed by atoms with E-state index in [1.165, 1.54) is 13.3 Å². The molecule has 1 amide bonds. The molecule has 0 spiro atoms. The molecule has 0 aliphatic heterocycles. The first-order valence-electron chi connectivity index (χ1n) is 10.7. The van der Waals surface area contributed by atoms with Crippen molar-refractivity contribution in [1.82, 2.24) is 9.97 Å². The van der Waals surface area contributed by atoms with Crippen molar-refractivity contribution in [3.05, 3.63) is 95.6 Å². The van der Waals surface area contributed by atoms with Gasteiger partial charge in [-0.15, -0.1) is 0 Å². The van der Waals surface area contributed by atoms with Crippen molar-refractivity contribution in [2.24, 2.45) is 0 Å². The second kappa shape index (κ2) is 10.0. The van der Waals surface area contributed by atoms with Crippen molar-refractivity contribution in [3.63, 3.8) is 0 Å². The normalized spacial score (nSPS) is 11.2. The molecule has 0 saturated carbocycles. The molecule has 0 aliphatic rings. The molecule has 2 aromatic heterocycles. The van der Waals surface area contributed by atoms with Gasteiger partial charge in [-0.05, 0) is 54.4 Å². The van der Waals surface area contributed by atoms with E-state index in [0.717, 1.165) is 11.6 Å². The van der Waals surface area contributed by atoms with Gasteiger partial charge in [0.2, 0.25) is 5.88 Å². The molecule has 2 N–H and O–H groups in total. The van der Waals surface area contributed by atoms with Gasteiger partial charge in [0.05, 0.1) is 18.4 Å². The van der Waals surface area contributed by atoms with E-state index < -0.39 is 29.0 Å². The summed E-state index contributed by atoms with van der Waals surface area (Å²) in [4.78, 5) is 21.4. The summed E-state index contributed by atoms with van der Waals surface area (Å²) in [5, 5.41) is 5.70. The van der Waals surface area contributed by atoms with Gasteiger partial charge in [-0.2, -0.15) is 13.2 Å². The van der Waals surface area contributed by atoms with E-state index in [4.69, 9.17) is 4.74 Å². The smallest absolute Gasteiger partial charge is 0.416 e. The number of anilines is 3. The summed E-state index contributed by atoms with van der Waals surface area (Å²) in [6.45, 7) is 1.88. The van der Waals surface area contributed by atoms with Crippen LogP contribution in [0.4, 0.5) is 34.8 Å². The molecule has 0 radical (unpaired) electrons. The van der Waals surface area contributed by atoms with Crippen LogP contribution in [0.5, 0.6) is 5.88 Å². The number of rotatable bonds is 6. The highest BCUT2D eigenvalue weighted by molar-refractivity contribution is 6.06. The Balaban J connectivity index is 1.75. The maximum absolute atomic E-state index is 13.9. The van der Waals surface area contributed by atoms with Crippen LogP contribution >= 0.6 is 0 Å². The number of para-hydroxylation sites is 1. The number of alkyl halides is 3. The van der Waals surface area contributed by atoms with Crippen LogP contribution in [0.1, 0.15) is 21.5 Å². The summed E-state index contributed by atoms with van der Waals surface area (Å²) in [5.74, 6) is -1.50. The number of pyridine rings is 2. The molecule has 2 heterocycles. The molecule has 6 nitrogen and oxygen atoms in total. The molecule has 2 aromatic carbocycles. The molecular formula is C26H20F4N4O2.